The first kappa shape index (κ1) is 46.0. The number of benzene rings is 5. The molecular formula is C41H32O25. The van der Waals surface area contributed by atoms with E-state index in [-0.39, 0.29) is 0 Å². The van der Waals surface area contributed by atoms with Crippen molar-refractivity contribution in [1.82, 2.24) is 0 Å². The molecule has 0 radical (unpaired) electrons. The van der Waals surface area contributed by atoms with Crippen molar-refractivity contribution in [3.63, 3.8) is 0 Å². The van der Waals surface area contributed by atoms with Crippen LogP contribution in [0.4, 0.5) is 0 Å². The van der Waals surface area contributed by atoms with E-state index >= 15 is 0 Å². The van der Waals surface area contributed by atoms with E-state index in [9.17, 15) is 101 Å². The van der Waals surface area contributed by atoms with E-state index in [0.29, 0.717) is 60.7 Å². The Bertz CT molecular complexity index is 2550. The molecule has 25 nitrogen and oxygen atoms in total. The van der Waals surface area contributed by atoms with Crippen molar-refractivity contribution in [1.29, 1.82) is 0 Å². The lowest BCUT2D eigenvalue weighted by Crippen LogP contribution is -2.62. The molecule has 5 aromatic carbocycles. The van der Waals surface area contributed by atoms with Gasteiger partial charge in [-0.05, 0) is 60.7 Å². The molecule has 0 bridgehead atoms. The van der Waals surface area contributed by atoms with Crippen LogP contribution < -0.4 is 0 Å². The Morgan fingerprint density at radius 2 is 0.455 bits per heavy atom. The molecule has 0 aliphatic heterocycles. The van der Waals surface area contributed by atoms with E-state index in [1.54, 1.807) is 0 Å². The Labute approximate surface area is 365 Å². The summed E-state index contributed by atoms with van der Waals surface area (Å²) in [5, 5.41) is 151. The number of aromatic hydroxyl groups is 15. The molecule has 1 saturated carbocycles. The fourth-order valence-electron chi connectivity index (χ4n) is 6.35. The summed E-state index contributed by atoms with van der Waals surface area (Å²) in [6.07, 6.45) is -12.8. The first-order chi connectivity index (χ1) is 30.9. The summed E-state index contributed by atoms with van der Waals surface area (Å²) in [6.45, 7) is 0. The van der Waals surface area contributed by atoms with Crippen molar-refractivity contribution in [3.8, 4) is 86.2 Å². The number of ether oxygens (including phenoxy) is 5. The molecule has 25 heteroatoms. The Morgan fingerprint density at radius 3 is 0.652 bits per heavy atom. The summed E-state index contributed by atoms with van der Waals surface area (Å²) >= 11 is 0. The Balaban J connectivity index is 1.55. The van der Waals surface area contributed by atoms with Crippen LogP contribution in [0.15, 0.2) is 60.7 Å². The van der Waals surface area contributed by atoms with Gasteiger partial charge in [-0.2, -0.15) is 0 Å². The second-order valence-electron chi connectivity index (χ2n) is 14.0. The lowest BCUT2D eigenvalue weighted by Gasteiger charge is -2.43. The van der Waals surface area contributed by atoms with Crippen molar-refractivity contribution >= 4 is 29.8 Å². The maximum atomic E-state index is 13.9. The number of hydrogen-bond donors (Lipinski definition) is 15. The normalized spacial score (nSPS) is 17.8. The number of hydrogen-bond acceptors (Lipinski definition) is 25. The quantitative estimate of drug-likeness (QED) is 0.0541. The number of rotatable bonds is 10. The molecule has 0 amide bonds. The van der Waals surface area contributed by atoms with Crippen LogP contribution in [0.2, 0.25) is 0 Å². The van der Waals surface area contributed by atoms with Gasteiger partial charge in [0.15, 0.2) is 105 Å². The highest BCUT2D eigenvalue weighted by Crippen LogP contribution is 2.42. The van der Waals surface area contributed by atoms with Gasteiger partial charge in [0.25, 0.3) is 0 Å². The third-order valence-electron chi connectivity index (χ3n) is 9.62. The van der Waals surface area contributed by atoms with Crippen molar-refractivity contribution in [3.05, 3.63) is 88.5 Å². The highest BCUT2D eigenvalue weighted by molar-refractivity contribution is 5.95. The van der Waals surface area contributed by atoms with Crippen LogP contribution >= 0.6 is 0 Å². The largest absolute Gasteiger partial charge is 0.504 e. The molecule has 1 fully saturated rings. The van der Waals surface area contributed by atoms with Crippen LogP contribution in [0.25, 0.3) is 0 Å². The van der Waals surface area contributed by atoms with Gasteiger partial charge in [0.1, 0.15) is 12.2 Å². The van der Waals surface area contributed by atoms with Gasteiger partial charge in [-0.1, -0.05) is 0 Å². The standard InChI is InChI=1S/C41H32O25/c42-17-1-12(2-18(43)29(17)52)37(57)62-27-11-28(63-38(58)13-3-19(44)30(53)20(45)4-13)35(65-40(60)15-7-23(48)32(55)24(49)8-15)36(66-41(61)16-9-25(50)33(56)26(51)10-16)34(27)64-39(59)14-5-21(46)31(54)22(47)6-14/h1-10,27-28,34-36,42-56H,11H2. The van der Waals surface area contributed by atoms with Crippen LogP contribution in [0, 0.1) is 0 Å². The van der Waals surface area contributed by atoms with Crippen molar-refractivity contribution in [2.75, 3.05) is 0 Å². The SMILES string of the molecule is O=C(OC1CC(OC(=O)c2cc(O)c(O)c(O)c2)C(OC(=O)c2cc(O)c(O)c(O)c2)C(OC(=O)c2cc(O)c(O)c(O)c2)C1OC(=O)c1cc(O)c(O)c(O)c1)c1cc(O)c(O)c(O)c1. The molecule has 0 saturated heterocycles. The van der Waals surface area contributed by atoms with Gasteiger partial charge in [-0.15, -0.1) is 0 Å². The van der Waals surface area contributed by atoms with Crippen LogP contribution in [0.1, 0.15) is 58.2 Å². The molecule has 0 aromatic heterocycles. The zero-order chi connectivity index (χ0) is 48.6. The van der Waals surface area contributed by atoms with Crippen LogP contribution in [-0.4, -0.2) is 137 Å². The molecule has 4 unspecified atom stereocenters. The number of carbonyl (C=O) groups is 5. The summed E-state index contributed by atoms with van der Waals surface area (Å²) in [5.41, 5.74) is -3.88. The predicted octanol–water partition coefficient (Wildman–Crippen LogP) is 2.10. The van der Waals surface area contributed by atoms with E-state index in [0.717, 1.165) is 0 Å². The molecule has 0 spiro atoms. The zero-order valence-corrected chi connectivity index (χ0v) is 32.7. The summed E-state index contributed by atoms with van der Waals surface area (Å²) in [5.74, 6) is -24.5. The molecule has 346 valence electrons. The van der Waals surface area contributed by atoms with E-state index in [4.69, 9.17) is 23.7 Å². The summed E-state index contributed by atoms with van der Waals surface area (Å²) in [7, 11) is 0. The maximum Gasteiger partial charge on any atom is 0.338 e. The third kappa shape index (κ3) is 9.14. The molecule has 4 atom stereocenters. The first-order valence-corrected chi connectivity index (χ1v) is 18.2. The average molecular weight is 925 g/mol. The van der Waals surface area contributed by atoms with E-state index in [2.05, 4.69) is 0 Å². The molecule has 0 heterocycles. The number of esters is 5. The highest BCUT2D eigenvalue weighted by Gasteiger charge is 2.55. The van der Waals surface area contributed by atoms with Gasteiger partial charge >= 0.3 is 29.8 Å². The summed E-state index contributed by atoms with van der Waals surface area (Å²) < 4.78 is 28.0. The van der Waals surface area contributed by atoms with E-state index in [1.807, 2.05) is 0 Å². The Hall–Kier alpha value is -9.55. The fraction of sp³-hybridized carbons (Fsp3) is 0.146. The number of carbonyl (C=O) groups excluding carboxylic acids is 5. The first-order valence-electron chi connectivity index (χ1n) is 18.2. The van der Waals surface area contributed by atoms with Gasteiger partial charge in [-0.25, -0.2) is 24.0 Å². The minimum Gasteiger partial charge on any atom is -0.504 e. The van der Waals surface area contributed by atoms with Gasteiger partial charge in [-0.3, -0.25) is 0 Å². The Kier molecular flexibility index (Phi) is 12.3. The molecule has 1 aliphatic rings. The average Bonchev–Trinajstić information content (AvgIpc) is 3.25. The van der Waals surface area contributed by atoms with E-state index in [1.165, 1.54) is 0 Å². The molecule has 1 aliphatic carbocycles. The van der Waals surface area contributed by atoms with Gasteiger partial charge in [0.05, 0.1) is 27.8 Å². The minimum atomic E-state index is -2.53. The molecular weight excluding hydrogens is 892 g/mol. The summed E-state index contributed by atoms with van der Waals surface area (Å²) in [6, 6.07) is 5.63. The minimum absolute atomic E-state index is 0.537. The number of phenolic OH excluding ortho intramolecular Hbond substituents is 15. The van der Waals surface area contributed by atoms with Gasteiger partial charge in [0.2, 0.25) is 0 Å². The molecule has 6 rings (SSSR count). The monoisotopic (exact) mass is 924 g/mol. The van der Waals surface area contributed by atoms with Crippen molar-refractivity contribution in [2.24, 2.45) is 0 Å². The van der Waals surface area contributed by atoms with Crippen molar-refractivity contribution < 1.29 is 124 Å². The van der Waals surface area contributed by atoms with Crippen LogP contribution in [-0.2, 0) is 23.7 Å². The highest BCUT2D eigenvalue weighted by atomic mass is 16.6. The maximum absolute atomic E-state index is 13.9. The molecule has 66 heavy (non-hydrogen) atoms. The Morgan fingerprint density at radius 1 is 0.288 bits per heavy atom. The number of phenols is 15. The smallest absolute Gasteiger partial charge is 0.338 e. The third-order valence-corrected chi connectivity index (χ3v) is 9.62. The topological polar surface area (TPSA) is 435 Å². The van der Waals surface area contributed by atoms with Crippen LogP contribution in [0.3, 0.4) is 0 Å². The second kappa shape index (κ2) is 17.7. The fourth-order valence-corrected chi connectivity index (χ4v) is 6.35. The van der Waals surface area contributed by atoms with Gasteiger partial charge in [0, 0.05) is 6.42 Å². The lowest BCUT2D eigenvalue weighted by atomic mass is 9.86. The predicted molar refractivity (Wildman–Crippen MR) is 208 cm³/mol. The summed E-state index contributed by atoms with van der Waals surface area (Å²) in [4.78, 5) is 69.1. The molecule has 15 N–H and O–H groups in total. The molecule has 5 aromatic rings. The second-order valence-corrected chi connectivity index (χ2v) is 14.0. The zero-order valence-electron chi connectivity index (χ0n) is 32.7. The lowest BCUT2D eigenvalue weighted by molar-refractivity contribution is -0.182. The van der Waals surface area contributed by atoms with Crippen LogP contribution in [0.5, 0.6) is 86.2 Å². The van der Waals surface area contributed by atoms with E-state index < -0.39 is 181 Å². The van der Waals surface area contributed by atoms with Gasteiger partial charge < -0.3 is 100 Å². The van der Waals surface area contributed by atoms with Crippen molar-refractivity contribution in [2.45, 2.75) is 36.9 Å².